The number of methoxy groups -OCH3 is 1. The van der Waals surface area contributed by atoms with E-state index in [1.54, 1.807) is 7.11 Å². The summed E-state index contributed by atoms with van der Waals surface area (Å²) in [5.74, 6) is 0.591. The van der Waals surface area contributed by atoms with Crippen LogP contribution in [0.15, 0.2) is 60.0 Å². The SMILES string of the molecule is COc1ccc2cc(C(=O)NCc3nc(-c4ccccc4)cs3)c(C)nc2c1. The molecule has 0 aliphatic rings. The number of benzene rings is 2. The molecule has 0 saturated heterocycles. The molecule has 0 atom stereocenters. The number of aromatic nitrogens is 2. The van der Waals surface area contributed by atoms with Crippen molar-refractivity contribution in [3.8, 4) is 17.0 Å². The molecule has 6 heteroatoms. The zero-order valence-corrected chi connectivity index (χ0v) is 16.4. The Morgan fingerprint density at radius 2 is 1.93 bits per heavy atom. The van der Waals surface area contributed by atoms with Crippen molar-refractivity contribution in [3.05, 3.63) is 76.2 Å². The quantitative estimate of drug-likeness (QED) is 0.542. The molecule has 28 heavy (non-hydrogen) atoms. The first kappa shape index (κ1) is 18.1. The van der Waals surface area contributed by atoms with Gasteiger partial charge in [0.2, 0.25) is 0 Å². The minimum atomic E-state index is -0.154. The number of ether oxygens (including phenoxy) is 1. The summed E-state index contributed by atoms with van der Waals surface area (Å²) >= 11 is 1.54. The summed E-state index contributed by atoms with van der Waals surface area (Å²) in [4.78, 5) is 21.8. The van der Waals surface area contributed by atoms with Crippen LogP contribution in [0.1, 0.15) is 21.1 Å². The first-order chi connectivity index (χ1) is 13.6. The highest BCUT2D eigenvalue weighted by Gasteiger charge is 2.13. The van der Waals surface area contributed by atoms with Crippen LogP contribution in [-0.4, -0.2) is 23.0 Å². The van der Waals surface area contributed by atoms with Gasteiger partial charge in [0.05, 0.1) is 36.1 Å². The molecule has 0 aliphatic carbocycles. The van der Waals surface area contributed by atoms with Crippen molar-refractivity contribution in [2.24, 2.45) is 0 Å². The molecule has 2 aromatic heterocycles. The molecule has 140 valence electrons. The summed E-state index contributed by atoms with van der Waals surface area (Å²) in [7, 11) is 1.62. The molecular formula is C22H19N3O2S. The lowest BCUT2D eigenvalue weighted by molar-refractivity contribution is 0.0950. The van der Waals surface area contributed by atoms with E-state index in [0.29, 0.717) is 17.8 Å². The molecule has 0 radical (unpaired) electrons. The number of pyridine rings is 1. The van der Waals surface area contributed by atoms with E-state index in [4.69, 9.17) is 4.74 Å². The Bertz CT molecular complexity index is 1140. The van der Waals surface area contributed by atoms with E-state index in [0.717, 1.165) is 32.9 Å². The summed E-state index contributed by atoms with van der Waals surface area (Å²) in [6.45, 7) is 2.22. The molecule has 0 spiro atoms. The molecule has 4 aromatic rings. The van der Waals surface area contributed by atoms with Crippen LogP contribution in [0.5, 0.6) is 5.75 Å². The van der Waals surface area contributed by atoms with Crippen LogP contribution in [-0.2, 0) is 6.54 Å². The highest BCUT2D eigenvalue weighted by molar-refractivity contribution is 7.09. The minimum Gasteiger partial charge on any atom is -0.497 e. The number of hydrogen-bond donors (Lipinski definition) is 1. The lowest BCUT2D eigenvalue weighted by Gasteiger charge is -2.09. The highest BCUT2D eigenvalue weighted by atomic mass is 32.1. The highest BCUT2D eigenvalue weighted by Crippen LogP contribution is 2.23. The van der Waals surface area contributed by atoms with E-state index < -0.39 is 0 Å². The van der Waals surface area contributed by atoms with Gasteiger partial charge >= 0.3 is 0 Å². The molecule has 1 N–H and O–H groups in total. The number of aryl methyl sites for hydroxylation is 1. The Balaban J connectivity index is 1.49. The maximum Gasteiger partial charge on any atom is 0.253 e. The van der Waals surface area contributed by atoms with E-state index in [1.165, 1.54) is 11.3 Å². The first-order valence-electron chi connectivity index (χ1n) is 8.87. The normalized spacial score (nSPS) is 10.8. The second-order valence-electron chi connectivity index (χ2n) is 6.36. The topological polar surface area (TPSA) is 64.1 Å². The average molecular weight is 389 g/mol. The Hall–Kier alpha value is -3.25. The second kappa shape index (κ2) is 7.78. The number of carbonyl (C=O) groups excluding carboxylic acids is 1. The molecular weight excluding hydrogens is 370 g/mol. The number of hydrogen-bond acceptors (Lipinski definition) is 5. The number of amides is 1. The predicted molar refractivity (Wildman–Crippen MR) is 112 cm³/mol. The van der Waals surface area contributed by atoms with Gasteiger partial charge in [-0.25, -0.2) is 4.98 Å². The van der Waals surface area contributed by atoms with Crippen LogP contribution in [0.4, 0.5) is 0 Å². The number of thiazole rings is 1. The summed E-state index contributed by atoms with van der Waals surface area (Å²) in [6, 6.07) is 17.5. The molecule has 2 aromatic carbocycles. The van der Waals surface area contributed by atoms with Gasteiger partial charge in [-0.15, -0.1) is 11.3 Å². The third-order valence-corrected chi connectivity index (χ3v) is 5.33. The third kappa shape index (κ3) is 3.73. The Labute approximate surface area is 167 Å². The number of fused-ring (bicyclic) bond motifs is 1. The average Bonchev–Trinajstić information content (AvgIpc) is 3.21. The van der Waals surface area contributed by atoms with Gasteiger partial charge in [0.1, 0.15) is 10.8 Å². The van der Waals surface area contributed by atoms with Gasteiger partial charge in [-0.2, -0.15) is 0 Å². The number of carbonyl (C=O) groups is 1. The van der Waals surface area contributed by atoms with Crippen LogP contribution in [0, 0.1) is 6.92 Å². The maximum atomic E-state index is 12.7. The van der Waals surface area contributed by atoms with Gasteiger partial charge in [-0.1, -0.05) is 30.3 Å². The monoisotopic (exact) mass is 389 g/mol. The molecule has 4 rings (SSSR count). The van der Waals surface area contributed by atoms with Crippen LogP contribution in [0.25, 0.3) is 22.2 Å². The first-order valence-corrected chi connectivity index (χ1v) is 9.75. The second-order valence-corrected chi connectivity index (χ2v) is 7.30. The van der Waals surface area contributed by atoms with Gasteiger partial charge in [-0.05, 0) is 25.1 Å². The van der Waals surface area contributed by atoms with E-state index in [-0.39, 0.29) is 5.91 Å². The Morgan fingerprint density at radius 3 is 2.71 bits per heavy atom. The van der Waals surface area contributed by atoms with Gasteiger partial charge in [0, 0.05) is 22.4 Å². The van der Waals surface area contributed by atoms with Gasteiger partial charge < -0.3 is 10.1 Å². The summed E-state index contributed by atoms with van der Waals surface area (Å²) in [5, 5.41) is 6.72. The van der Waals surface area contributed by atoms with Gasteiger partial charge in [0.15, 0.2) is 0 Å². The minimum absolute atomic E-state index is 0.154. The molecule has 5 nitrogen and oxygen atoms in total. The lowest BCUT2D eigenvalue weighted by Crippen LogP contribution is -2.24. The molecule has 2 heterocycles. The fraction of sp³-hybridized carbons (Fsp3) is 0.136. The Kier molecular flexibility index (Phi) is 5.04. The van der Waals surface area contributed by atoms with Crippen molar-refractivity contribution in [3.63, 3.8) is 0 Å². The predicted octanol–water partition coefficient (Wildman–Crippen LogP) is 4.61. The van der Waals surface area contributed by atoms with E-state index in [2.05, 4.69) is 15.3 Å². The molecule has 0 saturated carbocycles. The van der Waals surface area contributed by atoms with E-state index in [9.17, 15) is 4.79 Å². The third-order valence-electron chi connectivity index (χ3n) is 4.48. The standard InChI is InChI=1S/C22H19N3O2S/c1-14-18(10-16-8-9-17(27-2)11-19(16)24-14)22(26)23-12-21-25-20(13-28-21)15-6-4-3-5-7-15/h3-11,13H,12H2,1-2H3,(H,23,26). The van der Waals surface area contributed by atoms with Crippen molar-refractivity contribution >= 4 is 28.1 Å². The molecule has 0 fully saturated rings. The zero-order chi connectivity index (χ0) is 19.5. The van der Waals surface area contributed by atoms with Crippen molar-refractivity contribution in [1.29, 1.82) is 0 Å². The van der Waals surface area contributed by atoms with Crippen molar-refractivity contribution in [1.82, 2.24) is 15.3 Å². The van der Waals surface area contributed by atoms with Crippen LogP contribution >= 0.6 is 11.3 Å². The van der Waals surface area contributed by atoms with Gasteiger partial charge in [0.25, 0.3) is 5.91 Å². The van der Waals surface area contributed by atoms with Crippen molar-refractivity contribution in [2.45, 2.75) is 13.5 Å². The van der Waals surface area contributed by atoms with Crippen LogP contribution in [0.3, 0.4) is 0 Å². The molecule has 0 aliphatic heterocycles. The summed E-state index contributed by atoms with van der Waals surface area (Å²) in [5.41, 5.74) is 4.05. The summed E-state index contributed by atoms with van der Waals surface area (Å²) in [6.07, 6.45) is 0. The summed E-state index contributed by atoms with van der Waals surface area (Å²) < 4.78 is 5.24. The lowest BCUT2D eigenvalue weighted by atomic mass is 10.1. The van der Waals surface area contributed by atoms with E-state index in [1.807, 2.05) is 66.9 Å². The zero-order valence-electron chi connectivity index (χ0n) is 15.6. The number of nitrogens with zero attached hydrogens (tertiary/aromatic N) is 2. The smallest absolute Gasteiger partial charge is 0.253 e. The van der Waals surface area contributed by atoms with Crippen molar-refractivity contribution < 1.29 is 9.53 Å². The molecule has 0 bridgehead atoms. The number of nitrogens with one attached hydrogen (secondary N) is 1. The molecule has 0 unspecified atom stereocenters. The number of rotatable bonds is 5. The fourth-order valence-corrected chi connectivity index (χ4v) is 3.73. The molecule has 1 amide bonds. The van der Waals surface area contributed by atoms with Crippen LogP contribution in [0.2, 0.25) is 0 Å². The fourth-order valence-electron chi connectivity index (χ4n) is 2.98. The van der Waals surface area contributed by atoms with Gasteiger partial charge in [-0.3, -0.25) is 9.78 Å². The van der Waals surface area contributed by atoms with Crippen LogP contribution < -0.4 is 10.1 Å². The largest absolute Gasteiger partial charge is 0.497 e. The van der Waals surface area contributed by atoms with Crippen molar-refractivity contribution in [2.75, 3.05) is 7.11 Å². The maximum absolute atomic E-state index is 12.7. The van der Waals surface area contributed by atoms with E-state index >= 15 is 0 Å². The Morgan fingerprint density at radius 1 is 1.11 bits per heavy atom.